The normalized spacial score (nSPS) is 10.5. The van der Waals surface area contributed by atoms with Crippen molar-refractivity contribution in [3.8, 4) is 5.75 Å². The first-order valence-corrected chi connectivity index (χ1v) is 7.46. The summed E-state index contributed by atoms with van der Waals surface area (Å²) in [7, 11) is 0. The monoisotopic (exact) mass is 326 g/mol. The van der Waals surface area contributed by atoms with E-state index in [0.29, 0.717) is 11.3 Å². The molecule has 0 aromatic heterocycles. The van der Waals surface area contributed by atoms with Gasteiger partial charge in [-0.2, -0.15) is 5.10 Å². The maximum atomic E-state index is 11.8. The number of aromatic carboxylic acids is 1. The Hall–Kier alpha value is -3.15. The molecule has 6 heteroatoms. The zero-order chi connectivity index (χ0) is 17.4. The summed E-state index contributed by atoms with van der Waals surface area (Å²) in [5.74, 6) is -0.816. The van der Waals surface area contributed by atoms with Crippen LogP contribution in [0.1, 0.15) is 28.4 Å². The average molecular weight is 326 g/mol. The van der Waals surface area contributed by atoms with E-state index in [1.165, 1.54) is 12.3 Å². The predicted octanol–water partition coefficient (Wildman–Crippen LogP) is 2.48. The maximum absolute atomic E-state index is 11.8. The number of rotatable bonds is 7. The lowest BCUT2D eigenvalue weighted by Crippen LogP contribution is -2.25. The van der Waals surface area contributed by atoms with Crippen LogP contribution < -0.4 is 10.2 Å². The van der Waals surface area contributed by atoms with E-state index < -0.39 is 11.9 Å². The van der Waals surface area contributed by atoms with Gasteiger partial charge in [0.25, 0.3) is 5.91 Å². The molecule has 0 aliphatic rings. The molecule has 0 radical (unpaired) electrons. The molecule has 0 unspecified atom stereocenters. The molecule has 6 nitrogen and oxygen atoms in total. The molecular formula is C18H18N2O4. The molecule has 0 spiro atoms. The van der Waals surface area contributed by atoms with Crippen molar-refractivity contribution in [1.29, 1.82) is 0 Å². The summed E-state index contributed by atoms with van der Waals surface area (Å²) in [4.78, 5) is 22.8. The molecule has 0 heterocycles. The van der Waals surface area contributed by atoms with E-state index in [0.717, 1.165) is 12.0 Å². The molecule has 2 aromatic rings. The number of carboxylic acids is 1. The Labute approximate surface area is 139 Å². The van der Waals surface area contributed by atoms with Gasteiger partial charge >= 0.3 is 5.97 Å². The molecule has 0 bridgehead atoms. The number of hydrogen-bond donors (Lipinski definition) is 2. The summed E-state index contributed by atoms with van der Waals surface area (Å²) in [5, 5.41) is 12.8. The minimum atomic E-state index is -1.05. The van der Waals surface area contributed by atoms with Gasteiger partial charge in [0.2, 0.25) is 0 Å². The SMILES string of the molecule is CCc1ccccc1OCC(=O)N/N=C/c1ccccc1C(=O)O. The standard InChI is InChI=1S/C18H18N2O4/c1-2-13-7-4-6-10-16(13)24-12-17(21)20-19-11-14-8-3-5-9-15(14)18(22)23/h3-11H,2,12H2,1H3,(H,20,21)(H,22,23)/b19-11+. The fraction of sp³-hybridized carbons (Fsp3) is 0.167. The second kappa shape index (κ2) is 8.47. The number of para-hydroxylation sites is 1. The van der Waals surface area contributed by atoms with E-state index >= 15 is 0 Å². The number of carboxylic acid groups (broad SMARTS) is 1. The third kappa shape index (κ3) is 4.67. The van der Waals surface area contributed by atoms with Gasteiger partial charge in [0.1, 0.15) is 5.75 Å². The molecule has 2 rings (SSSR count). The molecule has 0 fully saturated rings. The third-order valence-corrected chi connectivity index (χ3v) is 3.30. The van der Waals surface area contributed by atoms with Crippen LogP contribution >= 0.6 is 0 Å². The number of benzene rings is 2. The van der Waals surface area contributed by atoms with Crippen LogP contribution in [0.2, 0.25) is 0 Å². The Morgan fingerprint density at radius 2 is 1.88 bits per heavy atom. The summed E-state index contributed by atoms with van der Waals surface area (Å²) in [6.45, 7) is 1.83. The first-order chi connectivity index (χ1) is 11.6. The average Bonchev–Trinajstić information content (AvgIpc) is 2.60. The molecule has 1 amide bonds. The first kappa shape index (κ1) is 17.2. The summed E-state index contributed by atoms with van der Waals surface area (Å²) >= 11 is 0. The van der Waals surface area contributed by atoms with Crippen LogP contribution in [0.3, 0.4) is 0 Å². The lowest BCUT2D eigenvalue weighted by atomic mass is 10.1. The Bertz CT molecular complexity index is 756. The smallest absolute Gasteiger partial charge is 0.336 e. The van der Waals surface area contributed by atoms with Gasteiger partial charge < -0.3 is 9.84 Å². The van der Waals surface area contributed by atoms with E-state index in [9.17, 15) is 9.59 Å². The molecule has 0 aliphatic heterocycles. The van der Waals surface area contributed by atoms with Gasteiger partial charge in [-0.05, 0) is 24.1 Å². The lowest BCUT2D eigenvalue weighted by molar-refractivity contribution is -0.123. The third-order valence-electron chi connectivity index (χ3n) is 3.30. The number of hydrazone groups is 1. The summed E-state index contributed by atoms with van der Waals surface area (Å²) in [6.07, 6.45) is 2.10. The zero-order valence-corrected chi connectivity index (χ0v) is 13.2. The molecule has 0 saturated heterocycles. The summed E-state index contributed by atoms with van der Waals surface area (Å²) < 4.78 is 5.47. The van der Waals surface area contributed by atoms with Gasteiger partial charge in [-0.25, -0.2) is 10.2 Å². The Morgan fingerprint density at radius 3 is 2.62 bits per heavy atom. The van der Waals surface area contributed by atoms with Crippen LogP contribution in [0, 0.1) is 0 Å². The molecule has 0 saturated carbocycles. The molecule has 0 aliphatic carbocycles. The van der Waals surface area contributed by atoms with Gasteiger partial charge in [-0.15, -0.1) is 0 Å². The van der Waals surface area contributed by atoms with Gasteiger partial charge in [0.15, 0.2) is 6.61 Å². The summed E-state index contributed by atoms with van der Waals surface area (Å²) in [6, 6.07) is 13.9. The lowest BCUT2D eigenvalue weighted by Gasteiger charge is -2.09. The van der Waals surface area contributed by atoms with Crippen molar-refractivity contribution in [2.45, 2.75) is 13.3 Å². The van der Waals surface area contributed by atoms with Gasteiger partial charge in [0.05, 0.1) is 11.8 Å². The summed E-state index contributed by atoms with van der Waals surface area (Å²) in [5.41, 5.74) is 3.85. The van der Waals surface area contributed by atoms with Crippen molar-refractivity contribution in [1.82, 2.24) is 5.43 Å². The van der Waals surface area contributed by atoms with Crippen LogP contribution in [0.15, 0.2) is 53.6 Å². The number of amides is 1. The zero-order valence-electron chi connectivity index (χ0n) is 13.2. The van der Waals surface area contributed by atoms with Crippen molar-refractivity contribution in [3.63, 3.8) is 0 Å². The van der Waals surface area contributed by atoms with Crippen LogP contribution in [0.4, 0.5) is 0 Å². The van der Waals surface area contributed by atoms with Crippen LogP contribution in [0.5, 0.6) is 5.75 Å². The Morgan fingerprint density at radius 1 is 1.17 bits per heavy atom. The number of carbonyl (C=O) groups is 2. The van der Waals surface area contributed by atoms with Gasteiger partial charge in [-0.3, -0.25) is 4.79 Å². The number of aryl methyl sites for hydroxylation is 1. The number of carbonyl (C=O) groups excluding carboxylic acids is 1. The second-order valence-electron chi connectivity index (χ2n) is 4.94. The van der Waals surface area contributed by atoms with Crippen molar-refractivity contribution >= 4 is 18.1 Å². The quantitative estimate of drug-likeness (QED) is 0.604. The minimum Gasteiger partial charge on any atom is -0.483 e. The fourth-order valence-electron chi connectivity index (χ4n) is 2.09. The van der Waals surface area contributed by atoms with Crippen molar-refractivity contribution < 1.29 is 19.4 Å². The number of hydrogen-bond acceptors (Lipinski definition) is 4. The van der Waals surface area contributed by atoms with E-state index in [1.54, 1.807) is 24.3 Å². The topological polar surface area (TPSA) is 88.0 Å². The van der Waals surface area contributed by atoms with Gasteiger partial charge in [0, 0.05) is 5.56 Å². The largest absolute Gasteiger partial charge is 0.483 e. The minimum absolute atomic E-state index is 0.114. The highest BCUT2D eigenvalue weighted by atomic mass is 16.5. The first-order valence-electron chi connectivity index (χ1n) is 7.46. The van der Waals surface area contributed by atoms with Crippen molar-refractivity contribution in [2.75, 3.05) is 6.61 Å². The highest BCUT2D eigenvalue weighted by molar-refractivity contribution is 5.98. The van der Waals surface area contributed by atoms with Crippen molar-refractivity contribution in [3.05, 3.63) is 65.2 Å². The molecule has 2 N–H and O–H groups in total. The molecule has 24 heavy (non-hydrogen) atoms. The van der Waals surface area contributed by atoms with Crippen LogP contribution in [-0.4, -0.2) is 29.8 Å². The maximum Gasteiger partial charge on any atom is 0.336 e. The molecule has 124 valence electrons. The predicted molar refractivity (Wildman–Crippen MR) is 90.5 cm³/mol. The Balaban J connectivity index is 1.91. The van der Waals surface area contributed by atoms with E-state index in [-0.39, 0.29) is 12.2 Å². The Kier molecular flexibility index (Phi) is 6.08. The number of nitrogens with zero attached hydrogens (tertiary/aromatic N) is 1. The van der Waals surface area contributed by atoms with Crippen molar-refractivity contribution in [2.24, 2.45) is 5.10 Å². The molecule has 0 atom stereocenters. The van der Waals surface area contributed by atoms with E-state index in [4.69, 9.17) is 9.84 Å². The fourth-order valence-corrected chi connectivity index (χ4v) is 2.09. The number of ether oxygens (including phenoxy) is 1. The van der Waals surface area contributed by atoms with Crippen LogP contribution in [0.25, 0.3) is 0 Å². The van der Waals surface area contributed by atoms with E-state index in [2.05, 4.69) is 10.5 Å². The second-order valence-corrected chi connectivity index (χ2v) is 4.94. The van der Waals surface area contributed by atoms with Crippen LogP contribution in [-0.2, 0) is 11.2 Å². The highest BCUT2D eigenvalue weighted by Gasteiger charge is 2.07. The molecular weight excluding hydrogens is 308 g/mol. The highest BCUT2D eigenvalue weighted by Crippen LogP contribution is 2.17. The van der Waals surface area contributed by atoms with E-state index in [1.807, 2.05) is 25.1 Å². The molecule has 2 aromatic carbocycles. The number of nitrogens with one attached hydrogen (secondary N) is 1. The van der Waals surface area contributed by atoms with Gasteiger partial charge in [-0.1, -0.05) is 43.3 Å².